The van der Waals surface area contributed by atoms with Crippen LogP contribution < -0.4 is 0 Å². The van der Waals surface area contributed by atoms with Crippen LogP contribution in [-0.2, 0) is 0 Å². The maximum atomic E-state index is 13.1. The minimum absolute atomic E-state index is 0.00723. The van der Waals surface area contributed by atoms with Crippen LogP contribution in [0.2, 0.25) is 5.15 Å². The molecule has 1 aliphatic rings. The number of aromatic amines is 1. The molecule has 1 saturated heterocycles. The van der Waals surface area contributed by atoms with Gasteiger partial charge in [0.2, 0.25) is 5.78 Å². The van der Waals surface area contributed by atoms with Crippen molar-refractivity contribution in [3.63, 3.8) is 0 Å². The predicted octanol–water partition coefficient (Wildman–Crippen LogP) is 3.76. The average molecular weight is 409 g/mol. The van der Waals surface area contributed by atoms with E-state index in [-0.39, 0.29) is 17.7 Å². The van der Waals surface area contributed by atoms with E-state index in [0.717, 1.165) is 5.39 Å². The van der Waals surface area contributed by atoms with Crippen molar-refractivity contribution in [3.05, 3.63) is 77.3 Å². The van der Waals surface area contributed by atoms with E-state index in [1.54, 1.807) is 18.5 Å². The Labute approximate surface area is 173 Å². The van der Waals surface area contributed by atoms with Gasteiger partial charge in [-0.2, -0.15) is 0 Å². The maximum Gasteiger partial charge on any atom is 0.253 e. The largest absolute Gasteiger partial charge is 0.363 e. The van der Waals surface area contributed by atoms with Crippen molar-refractivity contribution < 1.29 is 9.59 Å². The number of amides is 1. The molecule has 148 valence electrons. The Morgan fingerprint density at radius 1 is 1.21 bits per heavy atom. The van der Waals surface area contributed by atoms with Crippen molar-refractivity contribution in [3.8, 4) is 0 Å². The molecule has 1 fully saturated rings. The van der Waals surface area contributed by atoms with Crippen LogP contribution in [0.15, 0.2) is 61.1 Å². The molecule has 0 spiro atoms. The smallest absolute Gasteiger partial charge is 0.253 e. The summed E-state index contributed by atoms with van der Waals surface area (Å²) in [6, 6.07) is 11.0. The lowest BCUT2D eigenvalue weighted by Gasteiger charge is -2.41. The summed E-state index contributed by atoms with van der Waals surface area (Å²) in [7, 11) is 0. The van der Waals surface area contributed by atoms with Crippen molar-refractivity contribution in [2.45, 2.75) is 13.0 Å². The van der Waals surface area contributed by atoms with Crippen molar-refractivity contribution in [1.29, 1.82) is 0 Å². The van der Waals surface area contributed by atoms with E-state index in [9.17, 15) is 9.59 Å². The molecule has 1 N–H and O–H groups in total. The Kier molecular flexibility index (Phi) is 5.11. The summed E-state index contributed by atoms with van der Waals surface area (Å²) in [6.45, 7) is 7.67. The first kappa shape index (κ1) is 19.2. The molecule has 3 heterocycles. The van der Waals surface area contributed by atoms with Crippen LogP contribution in [0.5, 0.6) is 0 Å². The lowest BCUT2D eigenvalue weighted by atomic mass is 10.0. The number of rotatable bonds is 4. The number of halogens is 1. The lowest BCUT2D eigenvalue weighted by Crippen LogP contribution is -2.53. The van der Waals surface area contributed by atoms with Crippen LogP contribution in [0.1, 0.15) is 27.6 Å². The van der Waals surface area contributed by atoms with Gasteiger partial charge in [-0.25, -0.2) is 4.98 Å². The zero-order valence-electron chi connectivity index (χ0n) is 16.1. The molecule has 0 aliphatic carbocycles. The lowest BCUT2D eigenvalue weighted by molar-refractivity contribution is 0.0573. The fraction of sp³-hybridized carbons (Fsp3) is 0.227. The summed E-state index contributed by atoms with van der Waals surface area (Å²) in [6.07, 6.45) is 3.22. The molecule has 0 unspecified atom stereocenters. The van der Waals surface area contributed by atoms with Gasteiger partial charge in [-0.1, -0.05) is 36.4 Å². The van der Waals surface area contributed by atoms with Crippen LogP contribution in [0.25, 0.3) is 10.9 Å². The molecular formula is C22H21ClN4O2. The van der Waals surface area contributed by atoms with E-state index in [1.807, 2.05) is 47.1 Å². The van der Waals surface area contributed by atoms with Gasteiger partial charge >= 0.3 is 0 Å². The molecule has 0 radical (unpaired) electrons. The molecule has 1 aromatic carbocycles. The van der Waals surface area contributed by atoms with Crippen LogP contribution in [0, 0.1) is 0 Å². The molecule has 7 heteroatoms. The van der Waals surface area contributed by atoms with E-state index in [1.165, 1.54) is 0 Å². The number of fused-ring (bicyclic) bond motifs is 1. The van der Waals surface area contributed by atoms with Gasteiger partial charge in [0.15, 0.2) is 5.15 Å². The first-order chi connectivity index (χ1) is 14.0. The number of carbonyl (C=O) groups is 2. The van der Waals surface area contributed by atoms with Crippen LogP contribution in [0.3, 0.4) is 0 Å². The minimum Gasteiger partial charge on any atom is -0.363 e. The zero-order valence-corrected chi connectivity index (χ0v) is 16.8. The second-order valence-electron chi connectivity index (χ2n) is 7.16. The standard InChI is InChI=1S/C22H21ClN4O2/c1-14-13-26(22(29)16-6-4-3-5-7-16)10-11-27(14)15(2)20(28)18-12-25-19-17(18)8-9-24-21(19)23/h3-9,12,14,25H,2,10-11,13H2,1H3/t14-/m1/s1. The Balaban J connectivity index is 1.49. The number of benzene rings is 1. The SMILES string of the molecule is C=C(C(=O)c1c[nH]c2c(Cl)nccc12)N1CCN(C(=O)c2ccccc2)C[C@H]1C. The third-order valence-corrected chi connectivity index (χ3v) is 5.63. The van der Waals surface area contributed by atoms with Crippen LogP contribution in [-0.4, -0.2) is 57.1 Å². The number of Topliss-reactive ketones (excluding diaryl/α,β-unsaturated/α-hetero) is 1. The second kappa shape index (κ2) is 7.72. The fourth-order valence-electron chi connectivity index (χ4n) is 3.80. The number of hydrogen-bond donors (Lipinski definition) is 1. The number of H-pyrrole nitrogens is 1. The van der Waals surface area contributed by atoms with Gasteiger partial charge in [-0.15, -0.1) is 0 Å². The maximum absolute atomic E-state index is 13.1. The number of piperazine rings is 1. The molecule has 3 aromatic rings. The van der Waals surface area contributed by atoms with Gasteiger partial charge in [0.25, 0.3) is 5.91 Å². The summed E-state index contributed by atoms with van der Waals surface area (Å²) in [5.74, 6) is -0.152. The number of allylic oxidation sites excluding steroid dienone is 1. The van der Waals surface area contributed by atoms with Crippen molar-refractivity contribution in [2.75, 3.05) is 19.6 Å². The van der Waals surface area contributed by atoms with E-state index in [4.69, 9.17) is 11.6 Å². The van der Waals surface area contributed by atoms with E-state index in [2.05, 4.69) is 16.5 Å². The summed E-state index contributed by atoms with van der Waals surface area (Å²) >= 11 is 6.10. The number of pyridine rings is 1. The molecule has 29 heavy (non-hydrogen) atoms. The van der Waals surface area contributed by atoms with Crippen molar-refractivity contribution in [2.24, 2.45) is 0 Å². The zero-order chi connectivity index (χ0) is 20.5. The summed E-state index contributed by atoms with van der Waals surface area (Å²) in [5.41, 5.74) is 2.24. The number of carbonyl (C=O) groups excluding carboxylic acids is 2. The molecule has 1 amide bonds. The minimum atomic E-state index is -0.159. The number of hydrogen-bond acceptors (Lipinski definition) is 4. The van der Waals surface area contributed by atoms with E-state index < -0.39 is 0 Å². The van der Waals surface area contributed by atoms with Crippen molar-refractivity contribution >= 4 is 34.2 Å². The molecule has 0 saturated carbocycles. The van der Waals surface area contributed by atoms with Gasteiger partial charge in [-0.05, 0) is 25.1 Å². The molecular weight excluding hydrogens is 388 g/mol. The summed E-state index contributed by atoms with van der Waals surface area (Å²) < 4.78 is 0. The van der Waals surface area contributed by atoms with Gasteiger partial charge in [0.05, 0.1) is 11.2 Å². The Morgan fingerprint density at radius 3 is 2.69 bits per heavy atom. The highest BCUT2D eigenvalue weighted by molar-refractivity contribution is 6.34. The van der Waals surface area contributed by atoms with Gasteiger partial charge < -0.3 is 14.8 Å². The number of aromatic nitrogens is 2. The number of nitrogens with zero attached hydrogens (tertiary/aromatic N) is 3. The highest BCUT2D eigenvalue weighted by atomic mass is 35.5. The highest BCUT2D eigenvalue weighted by Gasteiger charge is 2.31. The summed E-state index contributed by atoms with van der Waals surface area (Å²) in [4.78, 5) is 36.7. The van der Waals surface area contributed by atoms with Crippen LogP contribution >= 0.6 is 11.6 Å². The van der Waals surface area contributed by atoms with Gasteiger partial charge in [0.1, 0.15) is 0 Å². The Hall–Kier alpha value is -3.12. The van der Waals surface area contributed by atoms with E-state index in [0.29, 0.717) is 47.1 Å². The second-order valence-corrected chi connectivity index (χ2v) is 7.52. The highest BCUT2D eigenvalue weighted by Crippen LogP contribution is 2.27. The average Bonchev–Trinajstić information content (AvgIpc) is 3.18. The molecule has 1 atom stereocenters. The van der Waals surface area contributed by atoms with Crippen molar-refractivity contribution in [1.82, 2.24) is 19.8 Å². The number of nitrogens with one attached hydrogen (secondary N) is 1. The normalized spacial score (nSPS) is 16.8. The van der Waals surface area contributed by atoms with Gasteiger partial charge in [-0.3, -0.25) is 9.59 Å². The van der Waals surface area contributed by atoms with Gasteiger partial charge in [0, 0.05) is 54.6 Å². The first-order valence-electron chi connectivity index (χ1n) is 9.43. The van der Waals surface area contributed by atoms with Crippen LogP contribution in [0.4, 0.5) is 0 Å². The third kappa shape index (κ3) is 3.51. The number of ketones is 1. The molecule has 0 bridgehead atoms. The van der Waals surface area contributed by atoms with E-state index >= 15 is 0 Å². The monoisotopic (exact) mass is 408 g/mol. The predicted molar refractivity (Wildman–Crippen MR) is 113 cm³/mol. The quantitative estimate of drug-likeness (QED) is 0.405. The Morgan fingerprint density at radius 2 is 1.97 bits per heavy atom. The molecule has 1 aliphatic heterocycles. The third-order valence-electron chi connectivity index (χ3n) is 5.34. The Bertz CT molecular complexity index is 1090. The molecule has 4 rings (SSSR count). The first-order valence-corrected chi connectivity index (χ1v) is 9.81. The topological polar surface area (TPSA) is 69.3 Å². The summed E-state index contributed by atoms with van der Waals surface area (Å²) in [5, 5.41) is 1.05. The molecule has 2 aromatic heterocycles. The molecule has 6 nitrogen and oxygen atoms in total. The fourth-order valence-corrected chi connectivity index (χ4v) is 4.01.